The van der Waals surface area contributed by atoms with Crippen molar-refractivity contribution < 1.29 is 9.21 Å². The summed E-state index contributed by atoms with van der Waals surface area (Å²) >= 11 is 1.48. The highest BCUT2D eigenvalue weighted by molar-refractivity contribution is 7.98. The van der Waals surface area contributed by atoms with Crippen molar-refractivity contribution in [1.82, 2.24) is 14.5 Å². The summed E-state index contributed by atoms with van der Waals surface area (Å²) in [7, 11) is 0. The number of benzene rings is 3. The van der Waals surface area contributed by atoms with Gasteiger partial charge >= 0.3 is 0 Å². The van der Waals surface area contributed by atoms with Gasteiger partial charge in [0.25, 0.3) is 11.1 Å². The molecule has 0 spiro atoms. The number of carbonyl (C=O) groups is 1. The number of carbonyl (C=O) groups excluding carboxylic acids is 1. The van der Waals surface area contributed by atoms with Crippen LogP contribution in [0, 0.1) is 6.92 Å². The third-order valence-corrected chi connectivity index (χ3v) is 6.25. The van der Waals surface area contributed by atoms with Gasteiger partial charge in [0.1, 0.15) is 11.3 Å². The SMILES string of the molecule is Cc1nccn1Cc1ccc(NC(=O)c2ccccc2CSc2nc3ccccc3o2)cc1. The van der Waals surface area contributed by atoms with Crippen LogP contribution in [0.1, 0.15) is 27.3 Å². The summed E-state index contributed by atoms with van der Waals surface area (Å²) < 4.78 is 7.87. The van der Waals surface area contributed by atoms with E-state index < -0.39 is 0 Å². The van der Waals surface area contributed by atoms with Crippen molar-refractivity contribution in [1.29, 1.82) is 0 Å². The molecule has 0 atom stereocenters. The van der Waals surface area contributed by atoms with Crippen LogP contribution in [0.4, 0.5) is 5.69 Å². The Hall–Kier alpha value is -3.84. The Kier molecular flexibility index (Phi) is 5.95. The van der Waals surface area contributed by atoms with Crippen molar-refractivity contribution >= 4 is 34.5 Å². The molecule has 0 saturated heterocycles. The lowest BCUT2D eigenvalue weighted by Gasteiger charge is -2.11. The highest BCUT2D eigenvalue weighted by Gasteiger charge is 2.13. The van der Waals surface area contributed by atoms with Crippen molar-refractivity contribution in [2.24, 2.45) is 0 Å². The van der Waals surface area contributed by atoms with E-state index in [0.29, 0.717) is 16.5 Å². The molecule has 0 fully saturated rings. The number of imidazole rings is 1. The van der Waals surface area contributed by atoms with Gasteiger partial charge in [-0.3, -0.25) is 4.79 Å². The quantitative estimate of drug-likeness (QED) is 0.309. The number of oxazole rings is 1. The molecular formula is C26H22N4O2S. The van der Waals surface area contributed by atoms with Crippen molar-refractivity contribution in [3.8, 4) is 0 Å². The minimum absolute atomic E-state index is 0.137. The number of anilines is 1. The van der Waals surface area contributed by atoms with Crippen molar-refractivity contribution in [3.05, 3.63) is 108 Å². The molecule has 1 amide bonds. The number of aryl methyl sites for hydroxylation is 1. The van der Waals surface area contributed by atoms with Crippen LogP contribution in [0.2, 0.25) is 0 Å². The molecule has 0 aliphatic carbocycles. The van der Waals surface area contributed by atoms with E-state index in [1.165, 1.54) is 11.8 Å². The smallest absolute Gasteiger partial charge is 0.257 e. The molecule has 5 rings (SSSR count). The van der Waals surface area contributed by atoms with Gasteiger partial charge in [-0.05, 0) is 48.4 Å². The first-order chi connectivity index (χ1) is 16.2. The largest absolute Gasteiger partial charge is 0.431 e. The number of nitrogens with zero attached hydrogens (tertiary/aromatic N) is 3. The molecule has 3 aromatic carbocycles. The number of aromatic nitrogens is 3. The zero-order chi connectivity index (χ0) is 22.6. The summed E-state index contributed by atoms with van der Waals surface area (Å²) in [5.74, 6) is 1.42. The fraction of sp³-hybridized carbons (Fsp3) is 0.115. The summed E-state index contributed by atoms with van der Waals surface area (Å²) in [6.45, 7) is 2.73. The maximum absolute atomic E-state index is 13.0. The number of nitrogens with one attached hydrogen (secondary N) is 1. The van der Waals surface area contributed by atoms with E-state index >= 15 is 0 Å². The number of para-hydroxylation sites is 2. The van der Waals surface area contributed by atoms with Gasteiger partial charge in [0, 0.05) is 35.9 Å². The second-order valence-corrected chi connectivity index (χ2v) is 8.57. The highest BCUT2D eigenvalue weighted by Crippen LogP contribution is 2.27. The average Bonchev–Trinajstić information content (AvgIpc) is 3.44. The third kappa shape index (κ3) is 4.83. The minimum atomic E-state index is -0.137. The number of hydrogen-bond donors (Lipinski definition) is 1. The molecule has 5 aromatic rings. The van der Waals surface area contributed by atoms with E-state index in [4.69, 9.17) is 4.42 Å². The third-order valence-electron chi connectivity index (χ3n) is 5.38. The Bertz CT molecular complexity index is 1370. The van der Waals surface area contributed by atoms with Gasteiger partial charge in [-0.15, -0.1) is 0 Å². The van der Waals surface area contributed by atoms with Gasteiger partial charge in [-0.25, -0.2) is 9.97 Å². The maximum Gasteiger partial charge on any atom is 0.257 e. The molecule has 0 aliphatic rings. The summed E-state index contributed by atoms with van der Waals surface area (Å²) in [4.78, 5) is 21.8. The number of rotatable bonds is 7. The molecule has 0 aliphatic heterocycles. The molecule has 0 radical (unpaired) electrons. The molecule has 0 saturated carbocycles. The lowest BCUT2D eigenvalue weighted by Crippen LogP contribution is -2.14. The predicted octanol–water partition coefficient (Wildman–Crippen LogP) is 5.93. The normalized spacial score (nSPS) is 11.1. The topological polar surface area (TPSA) is 73.0 Å². The van der Waals surface area contributed by atoms with Crippen molar-refractivity contribution in [3.63, 3.8) is 0 Å². The molecule has 1 N–H and O–H groups in total. The predicted molar refractivity (Wildman–Crippen MR) is 130 cm³/mol. The fourth-order valence-corrected chi connectivity index (χ4v) is 4.42. The lowest BCUT2D eigenvalue weighted by atomic mass is 10.1. The summed E-state index contributed by atoms with van der Waals surface area (Å²) in [5.41, 5.74) is 5.06. The van der Waals surface area contributed by atoms with Crippen LogP contribution in [0.15, 0.2) is 94.8 Å². The van der Waals surface area contributed by atoms with E-state index in [2.05, 4.69) is 19.9 Å². The van der Waals surface area contributed by atoms with Crippen LogP contribution in [0.25, 0.3) is 11.1 Å². The summed E-state index contributed by atoms with van der Waals surface area (Å²) in [6, 6.07) is 23.2. The van der Waals surface area contributed by atoms with Gasteiger partial charge in [-0.1, -0.05) is 54.2 Å². The van der Waals surface area contributed by atoms with Crippen LogP contribution >= 0.6 is 11.8 Å². The molecule has 33 heavy (non-hydrogen) atoms. The minimum Gasteiger partial charge on any atom is -0.431 e. The fourth-order valence-electron chi connectivity index (χ4n) is 3.58. The van der Waals surface area contributed by atoms with Crippen LogP contribution < -0.4 is 5.32 Å². The average molecular weight is 455 g/mol. The lowest BCUT2D eigenvalue weighted by molar-refractivity contribution is 0.102. The van der Waals surface area contributed by atoms with Crippen LogP contribution in [0.5, 0.6) is 0 Å². The van der Waals surface area contributed by atoms with Gasteiger partial charge in [0.05, 0.1) is 0 Å². The first kappa shape index (κ1) is 21.0. The molecule has 6 nitrogen and oxygen atoms in total. The Morgan fingerprint density at radius 2 is 1.82 bits per heavy atom. The van der Waals surface area contributed by atoms with Crippen LogP contribution in [-0.4, -0.2) is 20.4 Å². The summed E-state index contributed by atoms with van der Waals surface area (Å²) in [5, 5.41) is 3.60. The number of fused-ring (bicyclic) bond motifs is 1. The molecular weight excluding hydrogens is 432 g/mol. The molecule has 2 aromatic heterocycles. The van der Waals surface area contributed by atoms with E-state index in [1.54, 1.807) is 6.20 Å². The highest BCUT2D eigenvalue weighted by atomic mass is 32.2. The molecule has 7 heteroatoms. The van der Waals surface area contributed by atoms with Crippen LogP contribution in [-0.2, 0) is 12.3 Å². The number of amides is 1. The molecule has 0 bridgehead atoms. The Balaban J connectivity index is 1.25. The Morgan fingerprint density at radius 3 is 2.61 bits per heavy atom. The number of hydrogen-bond acceptors (Lipinski definition) is 5. The molecule has 2 heterocycles. The van der Waals surface area contributed by atoms with Crippen molar-refractivity contribution in [2.75, 3.05) is 5.32 Å². The van der Waals surface area contributed by atoms with E-state index in [-0.39, 0.29) is 5.91 Å². The first-order valence-corrected chi connectivity index (χ1v) is 11.6. The van der Waals surface area contributed by atoms with Gasteiger partial charge in [0.15, 0.2) is 5.58 Å². The standard InChI is InChI=1S/C26H22N4O2S/c1-18-27-14-15-30(18)16-19-10-12-21(13-11-19)28-25(31)22-7-3-2-6-20(22)17-33-26-29-23-8-4-5-9-24(23)32-26/h2-15H,16-17H2,1H3,(H,28,31). The monoisotopic (exact) mass is 454 g/mol. The second kappa shape index (κ2) is 9.34. The Labute approximate surface area is 195 Å². The van der Waals surface area contributed by atoms with E-state index in [0.717, 1.165) is 40.3 Å². The summed E-state index contributed by atoms with van der Waals surface area (Å²) in [6.07, 6.45) is 3.75. The molecule has 0 unspecified atom stereocenters. The van der Waals surface area contributed by atoms with Gasteiger partial charge in [-0.2, -0.15) is 0 Å². The first-order valence-electron chi connectivity index (χ1n) is 10.6. The second-order valence-electron chi connectivity index (χ2n) is 7.65. The Morgan fingerprint density at radius 1 is 1.03 bits per heavy atom. The maximum atomic E-state index is 13.0. The number of thioether (sulfide) groups is 1. The van der Waals surface area contributed by atoms with E-state index in [1.807, 2.05) is 85.9 Å². The molecule has 164 valence electrons. The zero-order valence-electron chi connectivity index (χ0n) is 18.1. The van der Waals surface area contributed by atoms with Gasteiger partial charge in [0.2, 0.25) is 0 Å². The van der Waals surface area contributed by atoms with E-state index in [9.17, 15) is 4.79 Å². The van der Waals surface area contributed by atoms with Crippen molar-refractivity contribution in [2.45, 2.75) is 24.4 Å². The van der Waals surface area contributed by atoms with Crippen LogP contribution in [0.3, 0.4) is 0 Å². The zero-order valence-corrected chi connectivity index (χ0v) is 18.9. The van der Waals surface area contributed by atoms with Gasteiger partial charge < -0.3 is 14.3 Å².